The first kappa shape index (κ1) is 7.89. The van der Waals surface area contributed by atoms with Crippen molar-refractivity contribution in [3.8, 4) is 0 Å². The van der Waals surface area contributed by atoms with E-state index in [0.717, 1.165) is 10.2 Å². The van der Waals surface area contributed by atoms with Crippen molar-refractivity contribution in [2.45, 2.75) is 0 Å². The Hall–Kier alpha value is -0.470. The molecule has 0 nitrogen and oxygen atoms in total. The van der Waals surface area contributed by atoms with Gasteiger partial charge in [0, 0.05) is 10.2 Å². The summed E-state index contributed by atoms with van der Waals surface area (Å²) < 4.78 is 1.16. The van der Waals surface area contributed by atoms with Crippen LogP contribution in [0.1, 0.15) is 11.1 Å². The zero-order chi connectivity index (χ0) is 8.84. The maximum atomic E-state index is 3.49. The molecule has 1 aromatic rings. The number of allylic oxidation sites excluding steroid dienone is 1. The van der Waals surface area contributed by atoms with Gasteiger partial charge < -0.3 is 0 Å². The van der Waals surface area contributed by atoms with E-state index in [1.807, 2.05) is 11.8 Å². The van der Waals surface area contributed by atoms with Gasteiger partial charge in [0.15, 0.2) is 0 Å². The van der Waals surface area contributed by atoms with Gasteiger partial charge in [0.05, 0.1) is 0 Å². The average molecular weight is 251 g/mol. The maximum absolute atomic E-state index is 3.49. The van der Waals surface area contributed by atoms with E-state index in [0.29, 0.717) is 0 Å². The smallest absolute Gasteiger partial charge is 0.0232 e. The molecule has 0 bridgehead atoms. The molecule has 0 spiro atoms. The Morgan fingerprint density at radius 1 is 1.31 bits per heavy atom. The predicted molar refractivity (Wildman–Crippen MR) is 62.6 cm³/mol. The van der Waals surface area contributed by atoms with Gasteiger partial charge in [-0.25, -0.2) is 0 Å². The third kappa shape index (κ3) is 1.12. The lowest BCUT2D eigenvalue weighted by Crippen LogP contribution is -1.80. The number of fused-ring (bicyclic) bond motifs is 3. The Bertz CT molecular complexity index is 443. The number of halogens is 1. The van der Waals surface area contributed by atoms with E-state index in [2.05, 4.69) is 45.6 Å². The normalized spacial score (nSPS) is 17.9. The summed E-state index contributed by atoms with van der Waals surface area (Å²) >= 11 is 5.38. The van der Waals surface area contributed by atoms with E-state index in [-0.39, 0.29) is 0 Å². The molecular formula is C11H7BrS. The standard InChI is InChI=1S/C11H7BrS/c12-9-1-2-10-7(4-9)3-8-5-13-6-11(8)10/h1-4,6H,5H2. The van der Waals surface area contributed by atoms with Crippen LogP contribution in [0.2, 0.25) is 0 Å². The Morgan fingerprint density at radius 3 is 3.15 bits per heavy atom. The van der Waals surface area contributed by atoms with Crippen molar-refractivity contribution in [2.75, 3.05) is 5.75 Å². The first-order valence-corrected chi connectivity index (χ1v) is 6.01. The van der Waals surface area contributed by atoms with E-state index < -0.39 is 0 Å². The monoisotopic (exact) mass is 250 g/mol. The first-order valence-electron chi connectivity index (χ1n) is 4.17. The van der Waals surface area contributed by atoms with Gasteiger partial charge in [0.25, 0.3) is 0 Å². The topological polar surface area (TPSA) is 0 Å². The van der Waals surface area contributed by atoms with Crippen LogP contribution >= 0.6 is 27.7 Å². The lowest BCUT2D eigenvalue weighted by Gasteiger charge is -1.99. The molecule has 0 saturated heterocycles. The number of rotatable bonds is 0. The van der Waals surface area contributed by atoms with Crippen molar-refractivity contribution in [2.24, 2.45) is 0 Å². The molecule has 2 aliphatic rings. The van der Waals surface area contributed by atoms with Crippen LogP contribution in [-0.4, -0.2) is 5.75 Å². The van der Waals surface area contributed by atoms with Gasteiger partial charge in [-0.15, -0.1) is 11.8 Å². The first-order chi connectivity index (χ1) is 6.34. The highest BCUT2D eigenvalue weighted by Crippen LogP contribution is 2.43. The van der Waals surface area contributed by atoms with E-state index in [4.69, 9.17) is 0 Å². The summed E-state index contributed by atoms with van der Waals surface area (Å²) in [6, 6.07) is 6.49. The molecule has 0 atom stereocenters. The molecule has 1 heterocycles. The van der Waals surface area contributed by atoms with Crippen LogP contribution < -0.4 is 0 Å². The van der Waals surface area contributed by atoms with Crippen LogP contribution in [0.25, 0.3) is 11.6 Å². The molecule has 0 fully saturated rings. The van der Waals surface area contributed by atoms with E-state index in [9.17, 15) is 0 Å². The van der Waals surface area contributed by atoms with E-state index in [1.165, 1.54) is 22.3 Å². The average Bonchev–Trinajstić information content (AvgIpc) is 2.62. The number of hydrogen-bond acceptors (Lipinski definition) is 1. The molecule has 1 aliphatic carbocycles. The summed E-state index contributed by atoms with van der Waals surface area (Å²) in [5, 5.41) is 2.27. The minimum atomic E-state index is 1.14. The van der Waals surface area contributed by atoms with Crippen molar-refractivity contribution in [3.63, 3.8) is 0 Å². The largest absolute Gasteiger partial charge is 0.129 e. The Kier molecular flexibility index (Phi) is 1.67. The van der Waals surface area contributed by atoms with Crippen LogP contribution in [0, 0.1) is 0 Å². The second-order valence-corrected chi connectivity index (χ2v) is 5.02. The van der Waals surface area contributed by atoms with Crippen LogP contribution in [0.15, 0.2) is 33.7 Å². The van der Waals surface area contributed by atoms with E-state index in [1.54, 1.807) is 0 Å². The Balaban J connectivity index is 2.26. The van der Waals surface area contributed by atoms with Crippen molar-refractivity contribution < 1.29 is 0 Å². The fourth-order valence-electron chi connectivity index (χ4n) is 1.81. The number of thioether (sulfide) groups is 1. The van der Waals surface area contributed by atoms with E-state index >= 15 is 0 Å². The predicted octanol–water partition coefficient (Wildman–Crippen LogP) is 3.93. The van der Waals surface area contributed by atoms with Crippen molar-refractivity contribution in [3.05, 3.63) is 44.8 Å². The van der Waals surface area contributed by atoms with Gasteiger partial charge in [-0.3, -0.25) is 0 Å². The third-order valence-corrected chi connectivity index (χ3v) is 3.79. The maximum Gasteiger partial charge on any atom is 0.0232 e. The summed E-state index contributed by atoms with van der Waals surface area (Å²) in [5.74, 6) is 1.14. The molecule has 2 heteroatoms. The molecule has 0 N–H and O–H groups in total. The minimum absolute atomic E-state index is 1.14. The highest BCUT2D eigenvalue weighted by atomic mass is 79.9. The zero-order valence-electron chi connectivity index (χ0n) is 6.88. The fraction of sp³-hybridized carbons (Fsp3) is 0.0909. The van der Waals surface area contributed by atoms with Gasteiger partial charge in [0.1, 0.15) is 0 Å². The molecule has 13 heavy (non-hydrogen) atoms. The second kappa shape index (κ2) is 2.76. The number of hydrogen-bond donors (Lipinski definition) is 0. The molecule has 1 aliphatic heterocycles. The summed E-state index contributed by atoms with van der Waals surface area (Å²) in [7, 11) is 0. The van der Waals surface area contributed by atoms with Crippen LogP contribution in [0.3, 0.4) is 0 Å². The zero-order valence-corrected chi connectivity index (χ0v) is 9.28. The Labute approximate surface area is 89.9 Å². The lowest BCUT2D eigenvalue weighted by atomic mass is 10.1. The van der Waals surface area contributed by atoms with Crippen molar-refractivity contribution >= 4 is 39.3 Å². The summed E-state index contributed by atoms with van der Waals surface area (Å²) in [5.41, 5.74) is 5.67. The second-order valence-electron chi connectivity index (χ2n) is 3.24. The van der Waals surface area contributed by atoms with Gasteiger partial charge in [-0.2, -0.15) is 0 Å². The SMILES string of the molecule is Brc1ccc2c(c1)C=C1CSC=C12. The lowest BCUT2D eigenvalue weighted by molar-refractivity contribution is 1.57. The summed E-state index contributed by atoms with van der Waals surface area (Å²) in [6.07, 6.45) is 2.30. The molecular weight excluding hydrogens is 244 g/mol. The van der Waals surface area contributed by atoms with Crippen LogP contribution in [0.5, 0.6) is 0 Å². The third-order valence-electron chi connectivity index (χ3n) is 2.42. The molecule has 0 radical (unpaired) electrons. The molecule has 0 aromatic heterocycles. The van der Waals surface area contributed by atoms with Crippen molar-refractivity contribution in [1.82, 2.24) is 0 Å². The fourth-order valence-corrected chi connectivity index (χ4v) is 3.14. The Morgan fingerprint density at radius 2 is 2.23 bits per heavy atom. The summed E-state index contributed by atoms with van der Waals surface area (Å²) in [4.78, 5) is 0. The molecule has 0 saturated carbocycles. The number of benzene rings is 1. The molecule has 0 unspecified atom stereocenters. The highest BCUT2D eigenvalue weighted by Gasteiger charge is 2.21. The minimum Gasteiger partial charge on any atom is -0.129 e. The van der Waals surface area contributed by atoms with Crippen LogP contribution in [-0.2, 0) is 0 Å². The molecule has 64 valence electrons. The molecule has 0 amide bonds. The quantitative estimate of drug-likeness (QED) is 0.673. The van der Waals surface area contributed by atoms with Crippen LogP contribution in [0.4, 0.5) is 0 Å². The molecule has 1 aromatic carbocycles. The van der Waals surface area contributed by atoms with Gasteiger partial charge in [-0.1, -0.05) is 22.0 Å². The summed E-state index contributed by atoms with van der Waals surface area (Å²) in [6.45, 7) is 0. The van der Waals surface area contributed by atoms with Gasteiger partial charge in [0.2, 0.25) is 0 Å². The van der Waals surface area contributed by atoms with Crippen molar-refractivity contribution in [1.29, 1.82) is 0 Å². The molecule has 3 rings (SSSR count). The van der Waals surface area contributed by atoms with Gasteiger partial charge >= 0.3 is 0 Å². The highest BCUT2D eigenvalue weighted by molar-refractivity contribution is 9.10. The van der Waals surface area contributed by atoms with Gasteiger partial charge in [-0.05, 0) is 45.9 Å².